The fourth-order valence-electron chi connectivity index (χ4n) is 2.80. The second-order valence-corrected chi connectivity index (χ2v) is 9.17. The Morgan fingerprint density at radius 1 is 1.11 bits per heavy atom. The standard InChI is InChI=1S/C18H16N2O5S2/c21-27(22,12-5-6-13-14(10-12)24-8-7-23-13)18-17(19-11-3-4-11)25-16(20-18)15-2-1-9-26-15/h1-2,5-6,9-11,19H,3-4,7-8H2. The van der Waals surface area contributed by atoms with Gasteiger partial charge in [-0.2, -0.15) is 4.98 Å². The number of anilines is 1. The average Bonchev–Trinajstić information content (AvgIpc) is 3.16. The molecule has 0 saturated heterocycles. The quantitative estimate of drug-likeness (QED) is 0.695. The van der Waals surface area contributed by atoms with Crippen molar-refractivity contribution in [3.8, 4) is 22.3 Å². The van der Waals surface area contributed by atoms with Crippen molar-refractivity contribution in [2.24, 2.45) is 0 Å². The number of aromatic nitrogens is 1. The van der Waals surface area contributed by atoms with Gasteiger partial charge in [0.15, 0.2) is 11.5 Å². The van der Waals surface area contributed by atoms with Crippen LogP contribution < -0.4 is 14.8 Å². The summed E-state index contributed by atoms with van der Waals surface area (Å²) in [4.78, 5) is 5.18. The van der Waals surface area contributed by atoms with Gasteiger partial charge in [0.05, 0.1) is 9.77 Å². The maximum Gasteiger partial charge on any atom is 0.240 e. The van der Waals surface area contributed by atoms with E-state index in [2.05, 4.69) is 10.3 Å². The van der Waals surface area contributed by atoms with Crippen molar-refractivity contribution in [3.05, 3.63) is 35.7 Å². The molecule has 1 fully saturated rings. The molecule has 0 amide bonds. The molecule has 0 bridgehead atoms. The van der Waals surface area contributed by atoms with Crippen molar-refractivity contribution >= 4 is 27.1 Å². The molecule has 27 heavy (non-hydrogen) atoms. The third-order valence-corrected chi connectivity index (χ3v) is 6.84. The lowest BCUT2D eigenvalue weighted by atomic mass is 10.3. The summed E-state index contributed by atoms with van der Waals surface area (Å²) in [5.41, 5.74) is 0. The third kappa shape index (κ3) is 3.06. The molecule has 0 spiro atoms. The second kappa shape index (κ2) is 6.28. The normalized spacial score (nSPS) is 16.3. The molecule has 0 radical (unpaired) electrons. The van der Waals surface area contributed by atoms with Gasteiger partial charge in [-0.15, -0.1) is 11.3 Å². The Morgan fingerprint density at radius 3 is 2.67 bits per heavy atom. The summed E-state index contributed by atoms with van der Waals surface area (Å²) >= 11 is 1.44. The number of nitrogens with one attached hydrogen (secondary N) is 1. The van der Waals surface area contributed by atoms with E-state index in [-0.39, 0.29) is 21.8 Å². The molecule has 1 N–H and O–H groups in total. The summed E-state index contributed by atoms with van der Waals surface area (Å²) in [6.45, 7) is 0.833. The van der Waals surface area contributed by atoms with Gasteiger partial charge in [0.1, 0.15) is 13.2 Å². The van der Waals surface area contributed by atoms with Crippen LogP contribution >= 0.6 is 11.3 Å². The third-order valence-electron chi connectivity index (χ3n) is 4.32. The number of hydrogen-bond donors (Lipinski definition) is 1. The number of nitrogens with zero attached hydrogens (tertiary/aromatic N) is 1. The van der Waals surface area contributed by atoms with E-state index in [1.165, 1.54) is 23.5 Å². The molecule has 1 aromatic carbocycles. The van der Waals surface area contributed by atoms with Gasteiger partial charge in [-0.05, 0) is 36.4 Å². The van der Waals surface area contributed by atoms with Crippen LogP contribution in [0.25, 0.3) is 10.8 Å². The molecular weight excluding hydrogens is 388 g/mol. The minimum Gasteiger partial charge on any atom is -0.486 e. The molecule has 3 aromatic rings. The summed E-state index contributed by atoms with van der Waals surface area (Å²) in [6, 6.07) is 8.53. The number of thiophene rings is 1. The predicted molar refractivity (Wildman–Crippen MR) is 99.3 cm³/mol. The van der Waals surface area contributed by atoms with E-state index in [4.69, 9.17) is 13.9 Å². The molecular formula is C18H16N2O5S2. The summed E-state index contributed by atoms with van der Waals surface area (Å²) in [6.07, 6.45) is 1.97. The molecule has 1 aliphatic carbocycles. The maximum atomic E-state index is 13.3. The summed E-state index contributed by atoms with van der Waals surface area (Å²) in [7, 11) is -3.89. The Kier molecular flexibility index (Phi) is 3.87. The van der Waals surface area contributed by atoms with Gasteiger partial charge >= 0.3 is 0 Å². The smallest absolute Gasteiger partial charge is 0.240 e. The number of hydrogen-bond acceptors (Lipinski definition) is 8. The summed E-state index contributed by atoms with van der Waals surface area (Å²) < 4.78 is 43.3. The Morgan fingerprint density at radius 2 is 1.93 bits per heavy atom. The van der Waals surface area contributed by atoms with E-state index in [0.717, 1.165) is 17.7 Å². The van der Waals surface area contributed by atoms with Crippen LogP contribution in [0, 0.1) is 0 Å². The SMILES string of the molecule is O=S(=O)(c1ccc2c(c1)OCCO2)c1nc(-c2cccs2)oc1NC1CC1. The zero-order valence-electron chi connectivity index (χ0n) is 14.2. The van der Waals surface area contributed by atoms with E-state index in [9.17, 15) is 8.42 Å². The van der Waals surface area contributed by atoms with Gasteiger partial charge in [-0.1, -0.05) is 6.07 Å². The van der Waals surface area contributed by atoms with E-state index in [1.54, 1.807) is 6.07 Å². The van der Waals surface area contributed by atoms with Crippen molar-refractivity contribution in [3.63, 3.8) is 0 Å². The Balaban J connectivity index is 1.59. The first-order valence-electron chi connectivity index (χ1n) is 8.57. The van der Waals surface area contributed by atoms with Gasteiger partial charge in [0.2, 0.25) is 26.6 Å². The highest BCUT2D eigenvalue weighted by molar-refractivity contribution is 7.91. The number of rotatable bonds is 5. The van der Waals surface area contributed by atoms with Crippen molar-refractivity contribution in [2.45, 2.75) is 28.8 Å². The molecule has 9 heteroatoms. The lowest BCUT2D eigenvalue weighted by Gasteiger charge is -2.18. The first-order chi connectivity index (χ1) is 13.1. The van der Waals surface area contributed by atoms with Crippen LogP contribution in [0.2, 0.25) is 0 Å². The van der Waals surface area contributed by atoms with Gasteiger partial charge in [0, 0.05) is 12.1 Å². The topological polar surface area (TPSA) is 90.7 Å². The van der Waals surface area contributed by atoms with Gasteiger partial charge in [-0.25, -0.2) is 8.42 Å². The van der Waals surface area contributed by atoms with Crippen LogP contribution in [0.5, 0.6) is 11.5 Å². The monoisotopic (exact) mass is 404 g/mol. The minimum absolute atomic E-state index is 0.0941. The maximum absolute atomic E-state index is 13.3. The van der Waals surface area contributed by atoms with Crippen LogP contribution in [0.1, 0.15) is 12.8 Å². The molecule has 2 aliphatic rings. The number of fused-ring (bicyclic) bond motifs is 1. The highest BCUT2D eigenvalue weighted by Gasteiger charge is 2.33. The first-order valence-corrected chi connectivity index (χ1v) is 10.9. The molecule has 1 saturated carbocycles. The Hall–Kier alpha value is -2.52. The molecule has 3 heterocycles. The minimum atomic E-state index is -3.89. The van der Waals surface area contributed by atoms with Crippen LogP contribution in [0.15, 0.2) is 50.1 Å². The second-order valence-electron chi connectivity index (χ2n) is 6.36. The van der Waals surface area contributed by atoms with Crippen LogP contribution in [0.4, 0.5) is 5.88 Å². The van der Waals surface area contributed by atoms with Gasteiger partial charge in [-0.3, -0.25) is 0 Å². The Bertz CT molecular complexity index is 1090. The van der Waals surface area contributed by atoms with E-state index in [0.29, 0.717) is 30.6 Å². The van der Waals surface area contributed by atoms with Crippen molar-refractivity contribution < 1.29 is 22.3 Å². The number of sulfone groups is 1. The highest BCUT2D eigenvalue weighted by atomic mass is 32.2. The number of oxazole rings is 1. The van der Waals surface area contributed by atoms with Crippen LogP contribution in [-0.4, -0.2) is 32.7 Å². The summed E-state index contributed by atoms with van der Waals surface area (Å²) in [5, 5.41) is 4.93. The zero-order valence-corrected chi connectivity index (χ0v) is 15.8. The van der Waals surface area contributed by atoms with Gasteiger partial charge < -0.3 is 19.2 Å². The molecule has 1 aliphatic heterocycles. The largest absolute Gasteiger partial charge is 0.486 e. The summed E-state index contributed by atoms with van der Waals surface area (Å²) in [5.74, 6) is 1.44. The first kappa shape index (κ1) is 16.6. The van der Waals surface area contributed by atoms with Crippen molar-refractivity contribution in [2.75, 3.05) is 18.5 Å². The molecule has 0 unspecified atom stereocenters. The zero-order chi connectivity index (χ0) is 18.4. The molecule has 5 rings (SSSR count). The average molecular weight is 404 g/mol. The molecule has 0 atom stereocenters. The lowest BCUT2D eigenvalue weighted by Crippen LogP contribution is -2.16. The van der Waals surface area contributed by atoms with E-state index in [1.807, 2.05) is 17.5 Å². The molecule has 140 valence electrons. The highest BCUT2D eigenvalue weighted by Crippen LogP contribution is 2.39. The van der Waals surface area contributed by atoms with E-state index >= 15 is 0 Å². The predicted octanol–water partition coefficient (Wildman–Crippen LogP) is 3.58. The van der Waals surface area contributed by atoms with Gasteiger partial charge in [0.25, 0.3) is 0 Å². The lowest BCUT2D eigenvalue weighted by molar-refractivity contribution is 0.171. The molecule has 7 nitrogen and oxygen atoms in total. The van der Waals surface area contributed by atoms with Crippen molar-refractivity contribution in [1.82, 2.24) is 4.98 Å². The van der Waals surface area contributed by atoms with E-state index < -0.39 is 9.84 Å². The number of benzene rings is 1. The van der Waals surface area contributed by atoms with Crippen LogP contribution in [0.3, 0.4) is 0 Å². The fourth-order valence-corrected chi connectivity index (χ4v) is 4.73. The molecule has 2 aromatic heterocycles. The number of ether oxygens (including phenoxy) is 2. The fraction of sp³-hybridized carbons (Fsp3) is 0.278. The van der Waals surface area contributed by atoms with Crippen LogP contribution in [-0.2, 0) is 9.84 Å². The Labute approximate surface area is 159 Å². The van der Waals surface area contributed by atoms with Crippen molar-refractivity contribution in [1.29, 1.82) is 0 Å².